The zero-order valence-corrected chi connectivity index (χ0v) is 14.5. The Bertz CT molecular complexity index is 973. The molecule has 0 radical (unpaired) electrons. The van der Waals surface area contributed by atoms with Crippen LogP contribution in [0.15, 0.2) is 48.9 Å². The Hall–Kier alpha value is -3.59. The molecule has 0 saturated carbocycles. The normalized spacial score (nSPS) is 10.2. The van der Waals surface area contributed by atoms with Gasteiger partial charge in [-0.05, 0) is 43.7 Å². The molecule has 3 rings (SSSR count). The molecule has 6 nitrogen and oxygen atoms in total. The van der Waals surface area contributed by atoms with Gasteiger partial charge in [0, 0.05) is 41.8 Å². The van der Waals surface area contributed by atoms with Crippen LogP contribution in [0, 0.1) is 25.2 Å². The monoisotopic (exact) mass is 343 g/mol. The van der Waals surface area contributed by atoms with E-state index in [4.69, 9.17) is 0 Å². The summed E-state index contributed by atoms with van der Waals surface area (Å²) < 4.78 is 0. The van der Waals surface area contributed by atoms with Crippen LogP contribution in [0.2, 0.25) is 0 Å². The molecular formula is C20H17N5O. The van der Waals surface area contributed by atoms with Gasteiger partial charge in [0.1, 0.15) is 5.82 Å². The second-order valence-corrected chi connectivity index (χ2v) is 5.95. The lowest BCUT2D eigenvalue weighted by molar-refractivity contribution is 0.0951. The van der Waals surface area contributed by atoms with Crippen molar-refractivity contribution in [1.82, 2.24) is 20.3 Å². The topological polar surface area (TPSA) is 91.6 Å². The summed E-state index contributed by atoms with van der Waals surface area (Å²) in [5.41, 5.74) is 4.12. The van der Waals surface area contributed by atoms with Crippen molar-refractivity contribution in [2.24, 2.45) is 0 Å². The first kappa shape index (κ1) is 17.2. The van der Waals surface area contributed by atoms with Crippen LogP contribution in [-0.2, 0) is 6.54 Å². The minimum absolute atomic E-state index is 0.268. The average molecular weight is 343 g/mol. The molecule has 128 valence electrons. The number of aromatic nitrogens is 3. The Kier molecular flexibility index (Phi) is 4.99. The third kappa shape index (κ3) is 4.08. The van der Waals surface area contributed by atoms with Gasteiger partial charge in [-0.25, -0.2) is 9.97 Å². The Morgan fingerprint density at radius 1 is 1.08 bits per heavy atom. The van der Waals surface area contributed by atoms with Gasteiger partial charge in [-0.15, -0.1) is 0 Å². The summed E-state index contributed by atoms with van der Waals surface area (Å²) in [5.74, 6) is 0.410. The summed E-state index contributed by atoms with van der Waals surface area (Å²) in [4.78, 5) is 25.1. The molecule has 0 unspecified atom stereocenters. The third-order valence-corrected chi connectivity index (χ3v) is 3.82. The van der Waals surface area contributed by atoms with Gasteiger partial charge in [0.2, 0.25) is 0 Å². The molecule has 0 fully saturated rings. The lowest BCUT2D eigenvalue weighted by atomic mass is 10.0. The van der Waals surface area contributed by atoms with E-state index in [-0.39, 0.29) is 5.91 Å². The summed E-state index contributed by atoms with van der Waals surface area (Å²) >= 11 is 0. The molecule has 2 heterocycles. The molecule has 1 N–H and O–H groups in total. The zero-order chi connectivity index (χ0) is 18.5. The van der Waals surface area contributed by atoms with E-state index in [1.165, 1.54) is 0 Å². The van der Waals surface area contributed by atoms with Crippen LogP contribution in [0.5, 0.6) is 0 Å². The Morgan fingerprint density at radius 3 is 2.50 bits per heavy atom. The number of carbonyl (C=O) groups is 1. The maximum absolute atomic E-state index is 12.5. The Morgan fingerprint density at radius 2 is 1.85 bits per heavy atom. The first-order valence-electron chi connectivity index (χ1n) is 8.09. The van der Waals surface area contributed by atoms with Crippen LogP contribution in [0.3, 0.4) is 0 Å². The fraction of sp³-hybridized carbons (Fsp3) is 0.150. The van der Waals surface area contributed by atoms with Crippen molar-refractivity contribution >= 4 is 5.91 Å². The quantitative estimate of drug-likeness (QED) is 0.786. The van der Waals surface area contributed by atoms with Crippen LogP contribution < -0.4 is 5.32 Å². The van der Waals surface area contributed by atoms with Gasteiger partial charge in [0.05, 0.1) is 17.3 Å². The molecule has 0 saturated heterocycles. The molecule has 0 aliphatic carbocycles. The van der Waals surface area contributed by atoms with Crippen molar-refractivity contribution in [3.8, 4) is 17.3 Å². The number of hydrogen-bond donors (Lipinski definition) is 1. The summed E-state index contributed by atoms with van der Waals surface area (Å²) in [7, 11) is 0. The fourth-order valence-corrected chi connectivity index (χ4v) is 2.40. The Balaban J connectivity index is 1.83. The van der Waals surface area contributed by atoms with Crippen molar-refractivity contribution in [2.75, 3.05) is 0 Å². The van der Waals surface area contributed by atoms with Gasteiger partial charge in [-0.2, -0.15) is 5.26 Å². The average Bonchev–Trinajstić information content (AvgIpc) is 2.67. The van der Waals surface area contributed by atoms with E-state index in [0.29, 0.717) is 29.2 Å². The number of benzene rings is 1. The minimum atomic E-state index is -0.268. The van der Waals surface area contributed by atoms with Crippen molar-refractivity contribution in [3.63, 3.8) is 0 Å². The number of hydrogen-bond acceptors (Lipinski definition) is 5. The molecule has 1 aromatic carbocycles. The van der Waals surface area contributed by atoms with E-state index >= 15 is 0 Å². The lowest BCUT2D eigenvalue weighted by Crippen LogP contribution is -2.23. The van der Waals surface area contributed by atoms with Gasteiger partial charge >= 0.3 is 0 Å². The van der Waals surface area contributed by atoms with E-state index in [2.05, 4.69) is 26.3 Å². The van der Waals surface area contributed by atoms with Crippen LogP contribution in [0.1, 0.15) is 32.9 Å². The van der Waals surface area contributed by atoms with E-state index in [1.807, 2.05) is 19.1 Å². The predicted molar refractivity (Wildman–Crippen MR) is 97.1 cm³/mol. The summed E-state index contributed by atoms with van der Waals surface area (Å²) in [6, 6.07) is 10.9. The van der Waals surface area contributed by atoms with E-state index in [0.717, 1.165) is 16.7 Å². The maximum Gasteiger partial charge on any atom is 0.251 e. The van der Waals surface area contributed by atoms with Crippen molar-refractivity contribution in [1.29, 1.82) is 5.26 Å². The molecule has 0 aliphatic heterocycles. The molecule has 6 heteroatoms. The second kappa shape index (κ2) is 7.53. The van der Waals surface area contributed by atoms with E-state index < -0.39 is 0 Å². The number of aryl methyl sites for hydroxylation is 2. The van der Waals surface area contributed by atoms with Gasteiger partial charge in [-0.3, -0.25) is 9.78 Å². The zero-order valence-electron chi connectivity index (χ0n) is 14.5. The largest absolute Gasteiger partial charge is 0.348 e. The molecule has 0 atom stereocenters. The second-order valence-electron chi connectivity index (χ2n) is 5.95. The number of rotatable bonds is 4. The summed E-state index contributed by atoms with van der Waals surface area (Å²) in [5, 5.41) is 12.1. The number of nitrogens with one attached hydrogen (secondary N) is 1. The molecule has 26 heavy (non-hydrogen) atoms. The smallest absolute Gasteiger partial charge is 0.251 e. The number of pyridine rings is 1. The van der Waals surface area contributed by atoms with Crippen LogP contribution in [-0.4, -0.2) is 20.9 Å². The van der Waals surface area contributed by atoms with Gasteiger partial charge in [0.25, 0.3) is 5.91 Å². The predicted octanol–water partition coefficient (Wildman–Crippen LogP) is 2.96. The summed E-state index contributed by atoms with van der Waals surface area (Å²) in [6.45, 7) is 4.07. The first-order chi connectivity index (χ1) is 12.5. The van der Waals surface area contributed by atoms with E-state index in [9.17, 15) is 10.1 Å². The molecule has 1 amide bonds. The highest BCUT2D eigenvalue weighted by Gasteiger charge is 2.11. The minimum Gasteiger partial charge on any atom is -0.348 e. The molecule has 2 aromatic heterocycles. The number of carbonyl (C=O) groups excluding carboxylic acids is 1. The molecule has 3 aromatic rings. The maximum atomic E-state index is 12.5. The highest BCUT2D eigenvalue weighted by atomic mass is 16.1. The van der Waals surface area contributed by atoms with Crippen LogP contribution in [0.25, 0.3) is 11.3 Å². The molecular weight excluding hydrogens is 326 g/mol. The van der Waals surface area contributed by atoms with E-state index in [1.54, 1.807) is 43.7 Å². The molecule has 0 aliphatic rings. The summed E-state index contributed by atoms with van der Waals surface area (Å²) in [6.07, 6.45) is 5.11. The van der Waals surface area contributed by atoms with Crippen molar-refractivity contribution < 1.29 is 4.79 Å². The van der Waals surface area contributed by atoms with Gasteiger partial charge in [-0.1, -0.05) is 6.07 Å². The van der Waals surface area contributed by atoms with Crippen molar-refractivity contribution in [2.45, 2.75) is 20.4 Å². The SMILES string of the molecule is Cc1ccc(-c2cc(C#N)cc(C(=O)NCc3cnc(C)nc3)c2)nc1. The first-order valence-corrected chi connectivity index (χ1v) is 8.09. The fourth-order valence-electron chi connectivity index (χ4n) is 2.40. The van der Waals surface area contributed by atoms with Gasteiger partial charge < -0.3 is 5.32 Å². The number of amides is 1. The lowest BCUT2D eigenvalue weighted by Gasteiger charge is -2.08. The molecule has 0 bridgehead atoms. The molecule has 0 spiro atoms. The highest BCUT2D eigenvalue weighted by molar-refractivity contribution is 5.95. The highest BCUT2D eigenvalue weighted by Crippen LogP contribution is 2.21. The standard InChI is InChI=1S/C20H17N5O/c1-13-3-4-19(24-9-13)17-5-15(8-21)6-18(7-17)20(26)25-12-16-10-22-14(2)23-11-16/h3-7,9-11H,12H2,1-2H3,(H,25,26). The van der Waals surface area contributed by atoms with Crippen molar-refractivity contribution in [3.05, 3.63) is 77.0 Å². The van der Waals surface area contributed by atoms with Gasteiger partial charge in [0.15, 0.2) is 0 Å². The van der Waals surface area contributed by atoms with Crippen LogP contribution >= 0.6 is 0 Å². The number of nitrogens with zero attached hydrogens (tertiary/aromatic N) is 4. The number of nitriles is 1. The third-order valence-electron chi connectivity index (χ3n) is 3.82. The Labute approximate surface area is 151 Å². The van der Waals surface area contributed by atoms with Crippen LogP contribution in [0.4, 0.5) is 0 Å².